The van der Waals surface area contributed by atoms with Crippen LogP contribution in [0.25, 0.3) is 0 Å². The average molecular weight is 291 g/mol. The highest BCUT2D eigenvalue weighted by atomic mass is 16.3. The zero-order chi connectivity index (χ0) is 14.7. The van der Waals surface area contributed by atoms with E-state index in [2.05, 4.69) is 28.1 Å². The van der Waals surface area contributed by atoms with E-state index in [1.807, 2.05) is 0 Å². The molecule has 21 heavy (non-hydrogen) atoms. The minimum absolute atomic E-state index is 0.116. The summed E-state index contributed by atoms with van der Waals surface area (Å²) in [5.41, 5.74) is 2.38. The predicted molar refractivity (Wildman–Crippen MR) is 84.3 cm³/mol. The Bertz CT molecular complexity index is 431. The molecule has 1 saturated heterocycles. The van der Waals surface area contributed by atoms with E-state index in [4.69, 9.17) is 0 Å². The van der Waals surface area contributed by atoms with Crippen molar-refractivity contribution >= 4 is 0 Å². The topological polar surface area (TPSA) is 52.1 Å². The van der Waals surface area contributed by atoms with Crippen molar-refractivity contribution in [3.05, 3.63) is 17.5 Å². The largest absolute Gasteiger partial charge is 0.392 e. The van der Waals surface area contributed by atoms with Crippen molar-refractivity contribution < 1.29 is 5.11 Å². The summed E-state index contributed by atoms with van der Waals surface area (Å²) in [5.74, 6) is 1.14. The van der Waals surface area contributed by atoms with E-state index in [-0.39, 0.29) is 6.10 Å². The number of aryl methyl sites for hydroxylation is 1. The van der Waals surface area contributed by atoms with Gasteiger partial charge in [0.2, 0.25) is 0 Å². The second-order valence-electron chi connectivity index (χ2n) is 7.02. The molecule has 0 amide bonds. The number of H-pyrrole nitrogens is 1. The molecule has 2 aliphatic rings. The standard InChI is InChI=1S/C17H29N3O/c1-13-11-16(19-18-13)14-7-9-20(10-8-14)12-17(21)15-5-3-2-4-6-15/h11,14-15,17,21H,2-10,12H2,1H3,(H,18,19). The number of aliphatic hydroxyl groups is 1. The minimum Gasteiger partial charge on any atom is -0.392 e. The van der Waals surface area contributed by atoms with Crippen LogP contribution in [0.4, 0.5) is 0 Å². The average Bonchev–Trinajstić information content (AvgIpc) is 2.95. The molecule has 0 spiro atoms. The first-order valence-corrected chi connectivity index (χ1v) is 8.64. The maximum atomic E-state index is 10.5. The van der Waals surface area contributed by atoms with Crippen molar-refractivity contribution in [2.45, 2.75) is 63.9 Å². The Labute approximate surface area is 127 Å². The number of rotatable bonds is 4. The van der Waals surface area contributed by atoms with Gasteiger partial charge in [-0.2, -0.15) is 5.10 Å². The summed E-state index contributed by atoms with van der Waals surface area (Å²) in [5, 5.41) is 17.9. The lowest BCUT2D eigenvalue weighted by molar-refractivity contribution is 0.0399. The second kappa shape index (κ2) is 6.93. The molecule has 2 N–H and O–H groups in total. The molecule has 1 unspecified atom stereocenters. The predicted octanol–water partition coefficient (Wildman–Crippen LogP) is 2.84. The van der Waals surface area contributed by atoms with E-state index in [0.29, 0.717) is 11.8 Å². The molecule has 4 nitrogen and oxygen atoms in total. The molecule has 4 heteroatoms. The van der Waals surface area contributed by atoms with Gasteiger partial charge in [-0.15, -0.1) is 0 Å². The molecule has 1 aromatic rings. The summed E-state index contributed by atoms with van der Waals surface area (Å²) in [4.78, 5) is 2.45. The number of nitrogens with zero attached hydrogens (tertiary/aromatic N) is 2. The summed E-state index contributed by atoms with van der Waals surface area (Å²) in [7, 11) is 0. The lowest BCUT2D eigenvalue weighted by Crippen LogP contribution is -2.41. The summed E-state index contributed by atoms with van der Waals surface area (Å²) < 4.78 is 0. The van der Waals surface area contributed by atoms with E-state index in [1.165, 1.54) is 50.6 Å². The van der Waals surface area contributed by atoms with Crippen LogP contribution in [0.3, 0.4) is 0 Å². The third kappa shape index (κ3) is 3.86. The molecule has 0 aromatic carbocycles. The number of nitrogens with one attached hydrogen (secondary N) is 1. The van der Waals surface area contributed by atoms with Crippen molar-refractivity contribution in [1.82, 2.24) is 15.1 Å². The van der Waals surface area contributed by atoms with Gasteiger partial charge in [0.25, 0.3) is 0 Å². The second-order valence-corrected chi connectivity index (χ2v) is 7.02. The molecule has 3 rings (SSSR count). The van der Waals surface area contributed by atoms with Gasteiger partial charge in [-0.05, 0) is 57.7 Å². The van der Waals surface area contributed by atoms with E-state index < -0.39 is 0 Å². The molecular weight excluding hydrogens is 262 g/mol. The molecule has 1 saturated carbocycles. The molecule has 1 aromatic heterocycles. The molecule has 118 valence electrons. The van der Waals surface area contributed by atoms with Gasteiger partial charge in [-0.3, -0.25) is 5.10 Å². The number of β-amino-alcohol motifs (C(OH)–C–C–N with tert-alkyl or cyclic N) is 1. The first-order chi connectivity index (χ1) is 10.2. The van der Waals surface area contributed by atoms with Crippen LogP contribution in [0, 0.1) is 12.8 Å². The van der Waals surface area contributed by atoms with Crippen LogP contribution < -0.4 is 0 Å². The maximum Gasteiger partial charge on any atom is 0.0695 e. The molecule has 0 radical (unpaired) electrons. The smallest absolute Gasteiger partial charge is 0.0695 e. The number of hydrogen-bond acceptors (Lipinski definition) is 3. The van der Waals surface area contributed by atoms with Crippen LogP contribution in [-0.2, 0) is 0 Å². The third-order valence-electron chi connectivity index (χ3n) is 5.37. The van der Waals surface area contributed by atoms with Crippen molar-refractivity contribution in [3.8, 4) is 0 Å². The van der Waals surface area contributed by atoms with Gasteiger partial charge in [-0.1, -0.05) is 19.3 Å². The van der Waals surface area contributed by atoms with Gasteiger partial charge in [0.15, 0.2) is 0 Å². The zero-order valence-electron chi connectivity index (χ0n) is 13.2. The minimum atomic E-state index is -0.116. The molecular formula is C17H29N3O. The van der Waals surface area contributed by atoms with Crippen molar-refractivity contribution in [3.63, 3.8) is 0 Å². The number of piperidine rings is 1. The summed E-state index contributed by atoms with van der Waals surface area (Å²) >= 11 is 0. The number of aromatic nitrogens is 2. The van der Waals surface area contributed by atoms with Crippen LogP contribution in [0.15, 0.2) is 6.07 Å². The fraction of sp³-hybridized carbons (Fsp3) is 0.824. The molecule has 2 fully saturated rings. The molecule has 2 heterocycles. The quantitative estimate of drug-likeness (QED) is 0.897. The fourth-order valence-electron chi connectivity index (χ4n) is 3.99. The summed E-state index contributed by atoms with van der Waals surface area (Å²) in [6, 6.07) is 2.18. The highest BCUT2D eigenvalue weighted by molar-refractivity contribution is 5.12. The normalized spacial score (nSPS) is 24.3. The highest BCUT2D eigenvalue weighted by Gasteiger charge is 2.27. The molecule has 1 aliphatic heterocycles. The van der Waals surface area contributed by atoms with E-state index in [0.717, 1.165) is 25.3 Å². The molecule has 1 atom stereocenters. The first kappa shape index (κ1) is 15.0. The van der Waals surface area contributed by atoms with Gasteiger partial charge in [0.05, 0.1) is 11.8 Å². The Kier molecular flexibility index (Phi) is 4.96. The van der Waals surface area contributed by atoms with Crippen molar-refractivity contribution in [1.29, 1.82) is 0 Å². The van der Waals surface area contributed by atoms with Gasteiger partial charge < -0.3 is 10.0 Å². The van der Waals surface area contributed by atoms with Crippen LogP contribution in [0.1, 0.15) is 62.3 Å². The van der Waals surface area contributed by atoms with Gasteiger partial charge in [0.1, 0.15) is 0 Å². The lowest BCUT2D eigenvalue weighted by Gasteiger charge is -2.35. The summed E-state index contributed by atoms with van der Waals surface area (Å²) in [6.07, 6.45) is 8.65. The van der Waals surface area contributed by atoms with E-state index in [1.54, 1.807) is 0 Å². The maximum absolute atomic E-state index is 10.5. The number of aliphatic hydroxyl groups excluding tert-OH is 1. The van der Waals surface area contributed by atoms with Crippen LogP contribution >= 0.6 is 0 Å². The zero-order valence-corrected chi connectivity index (χ0v) is 13.2. The van der Waals surface area contributed by atoms with Crippen LogP contribution in [0.2, 0.25) is 0 Å². The van der Waals surface area contributed by atoms with Gasteiger partial charge >= 0.3 is 0 Å². The first-order valence-electron chi connectivity index (χ1n) is 8.64. The SMILES string of the molecule is Cc1cc(C2CCN(CC(O)C3CCCCC3)CC2)n[nH]1. The Morgan fingerprint density at radius 2 is 1.95 bits per heavy atom. The third-order valence-corrected chi connectivity index (χ3v) is 5.37. The van der Waals surface area contributed by atoms with Crippen molar-refractivity contribution in [2.24, 2.45) is 5.92 Å². The Morgan fingerprint density at radius 3 is 2.57 bits per heavy atom. The highest BCUT2D eigenvalue weighted by Crippen LogP contribution is 2.29. The van der Waals surface area contributed by atoms with Gasteiger partial charge in [-0.25, -0.2) is 0 Å². The molecule has 1 aliphatic carbocycles. The number of aromatic amines is 1. The molecule has 0 bridgehead atoms. The Balaban J connectivity index is 1.45. The Morgan fingerprint density at radius 1 is 1.24 bits per heavy atom. The van der Waals surface area contributed by atoms with Crippen LogP contribution in [-0.4, -0.2) is 45.9 Å². The fourth-order valence-corrected chi connectivity index (χ4v) is 3.99. The van der Waals surface area contributed by atoms with E-state index in [9.17, 15) is 5.11 Å². The lowest BCUT2D eigenvalue weighted by atomic mass is 9.84. The number of hydrogen-bond donors (Lipinski definition) is 2. The Hall–Kier alpha value is -0.870. The van der Waals surface area contributed by atoms with Crippen LogP contribution in [0.5, 0.6) is 0 Å². The van der Waals surface area contributed by atoms with Gasteiger partial charge in [0, 0.05) is 18.2 Å². The summed E-state index contributed by atoms with van der Waals surface area (Å²) in [6.45, 7) is 5.13. The number of likely N-dealkylation sites (tertiary alicyclic amines) is 1. The van der Waals surface area contributed by atoms with Crippen molar-refractivity contribution in [2.75, 3.05) is 19.6 Å². The van der Waals surface area contributed by atoms with E-state index >= 15 is 0 Å². The monoisotopic (exact) mass is 291 g/mol.